The van der Waals surface area contributed by atoms with Gasteiger partial charge >= 0.3 is 6.18 Å². The highest BCUT2D eigenvalue weighted by atomic mass is 19.4. The van der Waals surface area contributed by atoms with Crippen molar-refractivity contribution in [3.63, 3.8) is 0 Å². The molecule has 0 aliphatic carbocycles. The summed E-state index contributed by atoms with van der Waals surface area (Å²) in [5.74, 6) is -1.22. The van der Waals surface area contributed by atoms with Gasteiger partial charge in [0.1, 0.15) is 6.61 Å². The minimum Gasteiger partial charge on any atom is -0.489 e. The number of ether oxygens (including phenoxy) is 1. The molecule has 2 aromatic heterocycles. The van der Waals surface area contributed by atoms with Crippen LogP contribution in [0.15, 0.2) is 24.3 Å². The number of halogens is 4. The summed E-state index contributed by atoms with van der Waals surface area (Å²) in [5.41, 5.74) is 1.28. The van der Waals surface area contributed by atoms with Gasteiger partial charge in [0, 0.05) is 18.2 Å². The van der Waals surface area contributed by atoms with Gasteiger partial charge in [-0.05, 0) is 26.0 Å². The van der Waals surface area contributed by atoms with Gasteiger partial charge in [-0.2, -0.15) is 17.7 Å². The van der Waals surface area contributed by atoms with Crippen LogP contribution in [0.25, 0.3) is 5.65 Å². The SMILES string of the molecule is Cc1c(N(C)CCOc2ccccc2F)nn2c(C(F)(F)F)nnc2c1C. The number of fused-ring (bicyclic) bond motifs is 1. The lowest BCUT2D eigenvalue weighted by molar-refractivity contribution is -0.146. The quantitative estimate of drug-likeness (QED) is 0.632. The molecule has 0 aliphatic heterocycles. The van der Waals surface area contributed by atoms with Crippen molar-refractivity contribution in [2.45, 2.75) is 20.0 Å². The van der Waals surface area contributed by atoms with Gasteiger partial charge in [0.2, 0.25) is 0 Å². The molecule has 0 amide bonds. The van der Waals surface area contributed by atoms with E-state index in [1.165, 1.54) is 12.1 Å². The van der Waals surface area contributed by atoms with Gasteiger partial charge in [-0.15, -0.1) is 15.3 Å². The maximum absolute atomic E-state index is 13.6. The standard InChI is InChI=1S/C17H17F4N5O/c1-10-11(2)15(24-26-14(10)22-23-16(26)17(19,20)21)25(3)8-9-27-13-7-5-4-6-12(13)18/h4-7H,8-9H2,1-3H3. The van der Waals surface area contributed by atoms with Crippen LogP contribution in [0.4, 0.5) is 23.4 Å². The Morgan fingerprint density at radius 1 is 1.11 bits per heavy atom. The zero-order chi connectivity index (χ0) is 19.8. The second-order valence-corrected chi connectivity index (χ2v) is 6.03. The molecule has 0 aliphatic rings. The van der Waals surface area contributed by atoms with Crippen molar-refractivity contribution in [3.8, 4) is 5.75 Å². The largest absolute Gasteiger partial charge is 0.489 e. The second-order valence-electron chi connectivity index (χ2n) is 6.03. The number of likely N-dealkylation sites (N-methyl/N-ethyl adjacent to an activating group) is 1. The molecule has 0 saturated heterocycles. The van der Waals surface area contributed by atoms with E-state index in [1.54, 1.807) is 37.9 Å². The number of para-hydroxylation sites is 1. The van der Waals surface area contributed by atoms with Crippen molar-refractivity contribution in [1.82, 2.24) is 19.8 Å². The molecule has 0 bridgehead atoms. The van der Waals surface area contributed by atoms with Crippen LogP contribution in [0.3, 0.4) is 0 Å². The molecule has 0 radical (unpaired) electrons. The normalized spacial score (nSPS) is 11.8. The zero-order valence-electron chi connectivity index (χ0n) is 14.9. The highest BCUT2D eigenvalue weighted by Crippen LogP contribution is 2.30. The molecule has 0 unspecified atom stereocenters. The summed E-state index contributed by atoms with van der Waals surface area (Å²) in [6.45, 7) is 3.82. The van der Waals surface area contributed by atoms with E-state index < -0.39 is 17.8 Å². The monoisotopic (exact) mass is 383 g/mol. The molecule has 0 fully saturated rings. The van der Waals surface area contributed by atoms with Crippen LogP contribution in [-0.2, 0) is 6.18 Å². The van der Waals surface area contributed by atoms with Gasteiger partial charge in [0.15, 0.2) is 23.0 Å². The van der Waals surface area contributed by atoms with Crippen LogP contribution in [0.5, 0.6) is 5.75 Å². The number of benzene rings is 1. The average Bonchev–Trinajstić information content (AvgIpc) is 3.04. The van der Waals surface area contributed by atoms with E-state index in [2.05, 4.69) is 15.3 Å². The van der Waals surface area contributed by atoms with Gasteiger partial charge in [-0.1, -0.05) is 12.1 Å². The molecule has 3 rings (SSSR count). The summed E-state index contributed by atoms with van der Waals surface area (Å²) in [6.07, 6.45) is -4.67. The fourth-order valence-corrected chi connectivity index (χ4v) is 2.61. The number of hydrogen-bond donors (Lipinski definition) is 0. The fourth-order valence-electron chi connectivity index (χ4n) is 2.61. The Hall–Kier alpha value is -2.91. The molecule has 10 heteroatoms. The number of hydrogen-bond acceptors (Lipinski definition) is 5. The van der Waals surface area contributed by atoms with Gasteiger partial charge in [0.05, 0.1) is 6.54 Å². The summed E-state index contributed by atoms with van der Waals surface area (Å²) >= 11 is 0. The first-order valence-corrected chi connectivity index (χ1v) is 8.08. The van der Waals surface area contributed by atoms with E-state index in [1.807, 2.05) is 0 Å². The summed E-state index contributed by atoms with van der Waals surface area (Å²) in [5, 5.41) is 10.9. The molecule has 3 aromatic rings. The molecule has 0 atom stereocenters. The van der Waals surface area contributed by atoms with Crippen molar-refractivity contribution in [3.05, 3.63) is 47.0 Å². The number of aromatic nitrogens is 4. The Kier molecular flexibility index (Phi) is 4.90. The van der Waals surface area contributed by atoms with E-state index in [9.17, 15) is 17.6 Å². The third-order valence-corrected chi connectivity index (χ3v) is 4.20. The third-order valence-electron chi connectivity index (χ3n) is 4.20. The van der Waals surface area contributed by atoms with Crippen LogP contribution in [0.2, 0.25) is 0 Å². The lowest BCUT2D eigenvalue weighted by atomic mass is 10.2. The van der Waals surface area contributed by atoms with E-state index in [-0.39, 0.29) is 24.5 Å². The summed E-state index contributed by atoms with van der Waals surface area (Å²) in [7, 11) is 1.67. The molecular weight excluding hydrogens is 366 g/mol. The fraction of sp³-hybridized carbons (Fsp3) is 0.353. The van der Waals surface area contributed by atoms with Crippen molar-refractivity contribution < 1.29 is 22.3 Å². The minimum atomic E-state index is -4.67. The molecule has 1 aromatic carbocycles. The van der Waals surface area contributed by atoms with E-state index in [0.29, 0.717) is 21.5 Å². The van der Waals surface area contributed by atoms with Gasteiger partial charge in [-0.25, -0.2) is 4.39 Å². The molecule has 0 spiro atoms. The van der Waals surface area contributed by atoms with Crippen molar-refractivity contribution in [1.29, 1.82) is 0 Å². The first-order valence-electron chi connectivity index (χ1n) is 8.08. The Morgan fingerprint density at radius 3 is 2.48 bits per heavy atom. The second kappa shape index (κ2) is 7.01. The van der Waals surface area contributed by atoms with Gasteiger partial charge in [-0.3, -0.25) is 0 Å². The Bertz CT molecular complexity index is 970. The molecule has 2 heterocycles. The molecule has 0 saturated carbocycles. The summed E-state index contributed by atoms with van der Waals surface area (Å²) in [4.78, 5) is 1.64. The lowest BCUT2D eigenvalue weighted by Crippen LogP contribution is -2.27. The minimum absolute atomic E-state index is 0.0552. The van der Waals surface area contributed by atoms with Gasteiger partial charge in [0.25, 0.3) is 5.82 Å². The first-order chi connectivity index (χ1) is 12.7. The Balaban J connectivity index is 1.84. The maximum Gasteiger partial charge on any atom is 0.453 e. The topological polar surface area (TPSA) is 55.5 Å². The van der Waals surface area contributed by atoms with Crippen LogP contribution in [-0.4, -0.2) is 40.0 Å². The zero-order valence-corrected chi connectivity index (χ0v) is 14.9. The van der Waals surface area contributed by atoms with E-state index >= 15 is 0 Å². The molecular formula is C17H17F4N5O. The van der Waals surface area contributed by atoms with Crippen molar-refractivity contribution in [2.24, 2.45) is 0 Å². The first kappa shape index (κ1) is 18.9. The van der Waals surface area contributed by atoms with Crippen LogP contribution < -0.4 is 9.64 Å². The number of rotatable bonds is 5. The number of aryl methyl sites for hydroxylation is 1. The summed E-state index contributed by atoms with van der Waals surface area (Å²) in [6, 6.07) is 5.99. The average molecular weight is 383 g/mol. The Morgan fingerprint density at radius 2 is 1.81 bits per heavy atom. The highest BCUT2D eigenvalue weighted by Gasteiger charge is 2.38. The van der Waals surface area contributed by atoms with Gasteiger partial charge < -0.3 is 9.64 Å². The maximum atomic E-state index is 13.6. The van der Waals surface area contributed by atoms with Crippen LogP contribution in [0, 0.1) is 19.7 Å². The molecule has 144 valence electrons. The predicted molar refractivity (Wildman–Crippen MR) is 90.4 cm³/mol. The lowest BCUT2D eigenvalue weighted by Gasteiger charge is -2.21. The molecule has 27 heavy (non-hydrogen) atoms. The summed E-state index contributed by atoms with van der Waals surface area (Å²) < 4.78 is 59.0. The van der Waals surface area contributed by atoms with E-state index in [0.717, 1.165) is 0 Å². The van der Waals surface area contributed by atoms with Crippen LogP contribution in [0.1, 0.15) is 17.0 Å². The smallest absolute Gasteiger partial charge is 0.453 e. The number of alkyl halides is 3. The van der Waals surface area contributed by atoms with Crippen LogP contribution >= 0.6 is 0 Å². The molecule has 6 nitrogen and oxygen atoms in total. The van der Waals surface area contributed by atoms with Crippen molar-refractivity contribution in [2.75, 3.05) is 25.1 Å². The molecule has 0 N–H and O–H groups in total. The third kappa shape index (κ3) is 3.64. The van der Waals surface area contributed by atoms with E-state index in [4.69, 9.17) is 4.74 Å². The number of nitrogens with zero attached hydrogens (tertiary/aromatic N) is 5. The number of anilines is 1. The Labute approximate surface area is 152 Å². The van der Waals surface area contributed by atoms with Crippen molar-refractivity contribution >= 4 is 11.5 Å². The predicted octanol–water partition coefficient (Wildman–Crippen LogP) is 3.41. The highest BCUT2D eigenvalue weighted by molar-refractivity contribution is 5.59.